The zero-order valence-corrected chi connectivity index (χ0v) is 13.4. The second kappa shape index (κ2) is 7.45. The predicted octanol–water partition coefficient (Wildman–Crippen LogP) is 2.76. The fourth-order valence-corrected chi connectivity index (χ4v) is 2.10. The lowest BCUT2D eigenvalue weighted by Crippen LogP contribution is -2.41. The van der Waals surface area contributed by atoms with Crippen molar-refractivity contribution in [3.8, 4) is 5.75 Å². The molecule has 1 atom stereocenters. The molecule has 0 saturated heterocycles. The van der Waals surface area contributed by atoms with Gasteiger partial charge in [0.25, 0.3) is 5.91 Å². The van der Waals surface area contributed by atoms with E-state index in [1.807, 2.05) is 25.1 Å². The average molecular weight is 312 g/mol. The molecule has 5 heteroatoms. The number of nitrogens with one attached hydrogen (secondary N) is 2. The molecule has 5 nitrogen and oxygen atoms in total. The predicted molar refractivity (Wildman–Crippen MR) is 89.7 cm³/mol. The van der Waals surface area contributed by atoms with Crippen molar-refractivity contribution < 1.29 is 14.3 Å². The van der Waals surface area contributed by atoms with E-state index in [9.17, 15) is 9.59 Å². The van der Waals surface area contributed by atoms with E-state index < -0.39 is 6.04 Å². The molecule has 0 radical (unpaired) electrons. The van der Waals surface area contributed by atoms with Crippen molar-refractivity contribution in [2.45, 2.75) is 19.9 Å². The summed E-state index contributed by atoms with van der Waals surface area (Å²) in [6.45, 7) is 3.56. The Kier molecular flexibility index (Phi) is 5.36. The van der Waals surface area contributed by atoms with Gasteiger partial charge in [0.1, 0.15) is 11.8 Å². The van der Waals surface area contributed by atoms with Crippen LogP contribution in [0.4, 0.5) is 5.69 Å². The van der Waals surface area contributed by atoms with Gasteiger partial charge in [-0.1, -0.05) is 24.3 Å². The highest BCUT2D eigenvalue weighted by Crippen LogP contribution is 2.25. The molecule has 0 bridgehead atoms. The molecule has 0 spiro atoms. The van der Waals surface area contributed by atoms with E-state index in [1.165, 1.54) is 0 Å². The third-order valence-electron chi connectivity index (χ3n) is 3.39. The summed E-state index contributed by atoms with van der Waals surface area (Å²) in [7, 11) is 1.54. The number of aryl methyl sites for hydroxylation is 1. The van der Waals surface area contributed by atoms with E-state index in [2.05, 4.69) is 10.6 Å². The van der Waals surface area contributed by atoms with Gasteiger partial charge in [-0.2, -0.15) is 0 Å². The first-order chi connectivity index (χ1) is 11.0. The van der Waals surface area contributed by atoms with E-state index in [0.717, 1.165) is 5.56 Å². The number of benzene rings is 2. The molecular formula is C18H20N2O3. The molecule has 2 rings (SSSR count). The lowest BCUT2D eigenvalue weighted by molar-refractivity contribution is -0.117. The zero-order chi connectivity index (χ0) is 16.8. The number of carbonyl (C=O) groups is 2. The summed E-state index contributed by atoms with van der Waals surface area (Å²) in [4.78, 5) is 24.4. The number of methoxy groups -OCH3 is 1. The van der Waals surface area contributed by atoms with Gasteiger partial charge in [-0.25, -0.2) is 0 Å². The van der Waals surface area contributed by atoms with Gasteiger partial charge in [-0.15, -0.1) is 0 Å². The number of hydrogen-bond donors (Lipinski definition) is 2. The van der Waals surface area contributed by atoms with Crippen molar-refractivity contribution in [2.75, 3.05) is 12.4 Å². The van der Waals surface area contributed by atoms with Crippen LogP contribution in [0.25, 0.3) is 0 Å². The molecule has 23 heavy (non-hydrogen) atoms. The SMILES string of the molecule is COc1ccc(C)cc1NC(=O)[C@@H](C)NC(=O)c1ccccc1. The Balaban J connectivity index is 2.03. The molecule has 2 N–H and O–H groups in total. The number of rotatable bonds is 5. The molecule has 2 aromatic rings. The second-order valence-corrected chi connectivity index (χ2v) is 5.25. The van der Waals surface area contributed by atoms with Gasteiger partial charge in [0.15, 0.2) is 0 Å². The van der Waals surface area contributed by atoms with E-state index in [1.54, 1.807) is 44.4 Å². The standard InChI is InChI=1S/C18H20N2O3/c1-12-9-10-16(23-3)15(11-12)20-17(21)13(2)19-18(22)14-7-5-4-6-8-14/h4-11,13H,1-3H3,(H,19,22)(H,20,21)/t13-/m1/s1. The van der Waals surface area contributed by atoms with Crippen molar-refractivity contribution in [1.29, 1.82) is 0 Å². The van der Waals surface area contributed by atoms with Crippen LogP contribution in [0.5, 0.6) is 5.75 Å². The summed E-state index contributed by atoms with van der Waals surface area (Å²) in [5.41, 5.74) is 2.10. The van der Waals surface area contributed by atoms with E-state index >= 15 is 0 Å². The quantitative estimate of drug-likeness (QED) is 0.892. The smallest absolute Gasteiger partial charge is 0.251 e. The first kappa shape index (κ1) is 16.5. The minimum atomic E-state index is -0.673. The Morgan fingerprint density at radius 2 is 1.78 bits per heavy atom. The lowest BCUT2D eigenvalue weighted by Gasteiger charge is -2.16. The monoisotopic (exact) mass is 312 g/mol. The minimum Gasteiger partial charge on any atom is -0.495 e. The maximum Gasteiger partial charge on any atom is 0.251 e. The highest BCUT2D eigenvalue weighted by molar-refractivity contribution is 6.01. The van der Waals surface area contributed by atoms with Crippen LogP contribution in [0, 0.1) is 6.92 Å². The summed E-state index contributed by atoms with van der Waals surface area (Å²) in [6.07, 6.45) is 0. The highest BCUT2D eigenvalue weighted by Gasteiger charge is 2.18. The Morgan fingerprint density at radius 1 is 1.09 bits per heavy atom. The average Bonchev–Trinajstić information content (AvgIpc) is 2.55. The Morgan fingerprint density at radius 3 is 2.43 bits per heavy atom. The summed E-state index contributed by atoms with van der Waals surface area (Å²) in [5, 5.41) is 5.46. The molecule has 2 amide bonds. The van der Waals surface area contributed by atoms with Gasteiger partial charge in [-0.05, 0) is 43.7 Å². The molecule has 0 aliphatic heterocycles. The van der Waals surface area contributed by atoms with Crippen molar-refractivity contribution >= 4 is 17.5 Å². The van der Waals surface area contributed by atoms with Gasteiger partial charge >= 0.3 is 0 Å². The third-order valence-corrected chi connectivity index (χ3v) is 3.39. The third kappa shape index (κ3) is 4.32. The summed E-state index contributed by atoms with van der Waals surface area (Å²) >= 11 is 0. The Hall–Kier alpha value is -2.82. The molecule has 2 aromatic carbocycles. The molecule has 0 saturated carbocycles. The van der Waals surface area contributed by atoms with E-state index in [4.69, 9.17) is 4.74 Å². The molecule has 0 fully saturated rings. The highest BCUT2D eigenvalue weighted by atomic mass is 16.5. The molecule has 0 aromatic heterocycles. The van der Waals surface area contributed by atoms with E-state index in [0.29, 0.717) is 17.0 Å². The first-order valence-electron chi connectivity index (χ1n) is 7.32. The fourth-order valence-electron chi connectivity index (χ4n) is 2.10. The minimum absolute atomic E-state index is 0.288. The summed E-state index contributed by atoms with van der Waals surface area (Å²) in [6, 6.07) is 13.6. The number of ether oxygens (including phenoxy) is 1. The van der Waals surface area contributed by atoms with Gasteiger partial charge < -0.3 is 15.4 Å². The molecule has 120 valence electrons. The lowest BCUT2D eigenvalue weighted by atomic mass is 10.2. The van der Waals surface area contributed by atoms with Crippen LogP contribution in [-0.4, -0.2) is 25.0 Å². The number of anilines is 1. The molecule has 0 unspecified atom stereocenters. The summed E-state index contributed by atoms with van der Waals surface area (Å²) < 4.78 is 5.23. The van der Waals surface area contributed by atoms with Gasteiger partial charge in [-0.3, -0.25) is 9.59 Å². The van der Waals surface area contributed by atoms with Crippen LogP contribution in [0.1, 0.15) is 22.8 Å². The molecule has 0 aliphatic carbocycles. The first-order valence-corrected chi connectivity index (χ1v) is 7.32. The van der Waals surface area contributed by atoms with Crippen molar-refractivity contribution in [2.24, 2.45) is 0 Å². The van der Waals surface area contributed by atoms with Gasteiger partial charge in [0.2, 0.25) is 5.91 Å². The van der Waals surface area contributed by atoms with Crippen molar-refractivity contribution in [3.63, 3.8) is 0 Å². The summed E-state index contributed by atoms with van der Waals surface area (Å²) in [5.74, 6) is -0.0202. The normalized spacial score (nSPS) is 11.4. The van der Waals surface area contributed by atoms with Crippen molar-refractivity contribution in [1.82, 2.24) is 5.32 Å². The Bertz CT molecular complexity index is 699. The van der Waals surface area contributed by atoms with Crippen LogP contribution >= 0.6 is 0 Å². The molecular weight excluding hydrogens is 292 g/mol. The molecule has 0 aliphatic rings. The van der Waals surface area contributed by atoms with Crippen LogP contribution < -0.4 is 15.4 Å². The van der Waals surface area contributed by atoms with Crippen LogP contribution in [-0.2, 0) is 4.79 Å². The fraction of sp³-hybridized carbons (Fsp3) is 0.222. The van der Waals surface area contributed by atoms with E-state index in [-0.39, 0.29) is 11.8 Å². The Labute approximate surface area is 135 Å². The zero-order valence-electron chi connectivity index (χ0n) is 13.4. The van der Waals surface area contributed by atoms with Crippen molar-refractivity contribution in [3.05, 3.63) is 59.7 Å². The maximum atomic E-state index is 12.3. The number of carbonyl (C=O) groups excluding carboxylic acids is 2. The van der Waals surface area contributed by atoms with Crippen LogP contribution in [0.3, 0.4) is 0 Å². The largest absolute Gasteiger partial charge is 0.495 e. The van der Waals surface area contributed by atoms with Crippen LogP contribution in [0.2, 0.25) is 0 Å². The van der Waals surface area contributed by atoms with Crippen LogP contribution in [0.15, 0.2) is 48.5 Å². The number of hydrogen-bond acceptors (Lipinski definition) is 3. The second-order valence-electron chi connectivity index (χ2n) is 5.25. The van der Waals surface area contributed by atoms with Gasteiger partial charge in [0.05, 0.1) is 12.8 Å². The van der Waals surface area contributed by atoms with Gasteiger partial charge in [0, 0.05) is 5.56 Å². The topological polar surface area (TPSA) is 67.4 Å². The maximum absolute atomic E-state index is 12.3. The molecule has 0 heterocycles. The number of amides is 2.